The molecular formula is C35H44N4O8. The molecule has 1 saturated heterocycles. The van der Waals surface area contributed by atoms with Gasteiger partial charge in [0.15, 0.2) is 0 Å². The van der Waals surface area contributed by atoms with E-state index in [9.17, 15) is 24.0 Å². The highest BCUT2D eigenvalue weighted by molar-refractivity contribution is 6.21. The SMILES string of the molecule is C=CCCCCCCCCC(=O)OC(CN1CCN(c2ccccn2)CC1)CN1C(=O)c2ccccc2C1=O.O=C(O)/C=C\C(=O)O. The molecule has 1 aromatic heterocycles. The number of esters is 1. The number of carbonyl (C=O) groups excluding carboxylic acids is 3. The van der Waals surface area contributed by atoms with Crippen molar-refractivity contribution in [3.05, 3.63) is 84.6 Å². The summed E-state index contributed by atoms with van der Waals surface area (Å²) in [5.41, 5.74) is 0.814. The van der Waals surface area contributed by atoms with Gasteiger partial charge >= 0.3 is 17.9 Å². The van der Waals surface area contributed by atoms with Gasteiger partial charge in [-0.05, 0) is 43.5 Å². The molecular weight excluding hydrogens is 604 g/mol. The van der Waals surface area contributed by atoms with Crippen LogP contribution in [0.3, 0.4) is 0 Å². The Morgan fingerprint density at radius 3 is 1.94 bits per heavy atom. The monoisotopic (exact) mass is 648 g/mol. The Labute approximate surface area is 275 Å². The summed E-state index contributed by atoms with van der Waals surface area (Å²) >= 11 is 0. The molecule has 3 heterocycles. The van der Waals surface area contributed by atoms with E-state index in [-0.39, 0.29) is 24.3 Å². The van der Waals surface area contributed by atoms with Gasteiger partial charge in [-0.1, -0.05) is 50.0 Å². The van der Waals surface area contributed by atoms with Crippen LogP contribution in [0.2, 0.25) is 0 Å². The lowest BCUT2D eigenvalue weighted by atomic mass is 10.1. The number of allylic oxidation sites excluding steroid dienone is 1. The van der Waals surface area contributed by atoms with E-state index in [4.69, 9.17) is 14.9 Å². The van der Waals surface area contributed by atoms with Crippen LogP contribution in [0.15, 0.2) is 73.5 Å². The molecule has 0 saturated carbocycles. The van der Waals surface area contributed by atoms with Crippen molar-refractivity contribution >= 4 is 35.5 Å². The number of fused-ring (bicyclic) bond motifs is 1. The minimum Gasteiger partial charge on any atom is -0.478 e. The minimum atomic E-state index is -1.26. The molecule has 2 aromatic rings. The summed E-state index contributed by atoms with van der Waals surface area (Å²) in [5.74, 6) is -2.48. The summed E-state index contributed by atoms with van der Waals surface area (Å²) in [6, 6.07) is 12.7. The number of carboxylic acid groups (broad SMARTS) is 2. The molecule has 4 rings (SSSR count). The number of nitrogens with zero attached hydrogens (tertiary/aromatic N) is 4. The highest BCUT2D eigenvalue weighted by Gasteiger charge is 2.37. The quantitative estimate of drug-likeness (QED) is 0.0822. The molecule has 1 unspecified atom stereocenters. The second-order valence-corrected chi connectivity index (χ2v) is 11.3. The van der Waals surface area contributed by atoms with Crippen molar-refractivity contribution in [1.29, 1.82) is 0 Å². The zero-order valence-electron chi connectivity index (χ0n) is 26.7. The Morgan fingerprint density at radius 2 is 1.38 bits per heavy atom. The smallest absolute Gasteiger partial charge is 0.328 e. The molecule has 2 N–H and O–H groups in total. The molecule has 47 heavy (non-hydrogen) atoms. The Hall–Kier alpha value is -4.84. The number of piperazine rings is 1. The first-order valence-corrected chi connectivity index (χ1v) is 16.0. The molecule has 2 amide bonds. The van der Waals surface area contributed by atoms with Gasteiger partial charge in [0, 0.05) is 57.5 Å². The molecule has 0 bridgehead atoms. The lowest BCUT2D eigenvalue weighted by Gasteiger charge is -2.37. The number of aromatic nitrogens is 1. The first kappa shape index (κ1) is 36.6. The fraction of sp³-hybridized carbons (Fsp3) is 0.429. The Bertz CT molecular complexity index is 1340. The van der Waals surface area contributed by atoms with Crippen LogP contribution in [-0.2, 0) is 19.1 Å². The van der Waals surface area contributed by atoms with Crippen LogP contribution < -0.4 is 4.90 Å². The fourth-order valence-electron chi connectivity index (χ4n) is 5.38. The number of imide groups is 1. The number of pyridine rings is 1. The molecule has 0 spiro atoms. The maximum atomic E-state index is 13.0. The Balaban J connectivity index is 0.000000665. The number of amides is 2. The van der Waals surface area contributed by atoms with Crippen LogP contribution in [0, 0.1) is 0 Å². The van der Waals surface area contributed by atoms with Gasteiger partial charge in [0.25, 0.3) is 11.8 Å². The second kappa shape index (κ2) is 19.6. The lowest BCUT2D eigenvalue weighted by molar-refractivity contribution is -0.150. The zero-order chi connectivity index (χ0) is 34.0. The molecule has 2 aliphatic rings. The molecule has 1 fully saturated rings. The normalized spacial score (nSPS) is 15.1. The van der Waals surface area contributed by atoms with E-state index in [2.05, 4.69) is 21.4 Å². The van der Waals surface area contributed by atoms with Gasteiger partial charge in [0.1, 0.15) is 11.9 Å². The highest BCUT2D eigenvalue weighted by atomic mass is 16.5. The predicted octanol–water partition coefficient (Wildman–Crippen LogP) is 4.43. The minimum absolute atomic E-state index is 0.0574. The van der Waals surface area contributed by atoms with Crippen molar-refractivity contribution < 1.29 is 38.9 Å². The number of rotatable bonds is 17. The van der Waals surface area contributed by atoms with Crippen LogP contribution in [-0.4, -0.2) is 100 Å². The van der Waals surface area contributed by atoms with E-state index in [0.29, 0.717) is 36.2 Å². The van der Waals surface area contributed by atoms with Crippen molar-refractivity contribution in [2.45, 2.75) is 57.5 Å². The molecule has 12 heteroatoms. The summed E-state index contributed by atoms with van der Waals surface area (Å²) in [7, 11) is 0. The molecule has 1 aromatic carbocycles. The van der Waals surface area contributed by atoms with Crippen LogP contribution in [0.4, 0.5) is 5.82 Å². The number of unbranched alkanes of at least 4 members (excludes halogenated alkanes) is 6. The van der Waals surface area contributed by atoms with Crippen LogP contribution in [0.5, 0.6) is 0 Å². The number of hydrogen-bond donors (Lipinski definition) is 2. The maximum Gasteiger partial charge on any atom is 0.328 e. The number of benzene rings is 1. The van der Waals surface area contributed by atoms with E-state index in [0.717, 1.165) is 64.1 Å². The zero-order valence-corrected chi connectivity index (χ0v) is 26.7. The van der Waals surface area contributed by atoms with Crippen LogP contribution >= 0.6 is 0 Å². The first-order valence-electron chi connectivity index (χ1n) is 16.0. The van der Waals surface area contributed by atoms with E-state index in [1.807, 2.05) is 24.3 Å². The molecule has 2 aliphatic heterocycles. The highest BCUT2D eigenvalue weighted by Crippen LogP contribution is 2.23. The topological polar surface area (TPSA) is 158 Å². The van der Waals surface area contributed by atoms with Gasteiger partial charge < -0.3 is 19.8 Å². The first-order chi connectivity index (χ1) is 22.7. The largest absolute Gasteiger partial charge is 0.478 e. The van der Waals surface area contributed by atoms with Crippen molar-refractivity contribution in [1.82, 2.24) is 14.8 Å². The number of anilines is 1. The Morgan fingerprint density at radius 1 is 0.809 bits per heavy atom. The second-order valence-electron chi connectivity index (χ2n) is 11.3. The number of carbonyl (C=O) groups is 5. The van der Waals surface area contributed by atoms with Crippen molar-refractivity contribution in [2.24, 2.45) is 0 Å². The third-order valence-corrected chi connectivity index (χ3v) is 7.78. The van der Waals surface area contributed by atoms with E-state index in [1.54, 1.807) is 30.5 Å². The summed E-state index contributed by atoms with van der Waals surface area (Å²) in [6.45, 7) is 7.44. The molecule has 1 atom stereocenters. The molecule has 12 nitrogen and oxygen atoms in total. The van der Waals surface area contributed by atoms with Gasteiger partial charge in [-0.3, -0.25) is 24.2 Å². The third kappa shape index (κ3) is 12.5. The average Bonchev–Trinajstić information content (AvgIpc) is 3.30. The van der Waals surface area contributed by atoms with Gasteiger partial charge in [-0.25, -0.2) is 14.6 Å². The van der Waals surface area contributed by atoms with E-state index in [1.165, 1.54) is 17.7 Å². The van der Waals surface area contributed by atoms with Gasteiger partial charge in [0.05, 0.1) is 17.7 Å². The summed E-state index contributed by atoms with van der Waals surface area (Å²) in [5, 5.41) is 15.6. The van der Waals surface area contributed by atoms with Crippen molar-refractivity contribution in [2.75, 3.05) is 44.2 Å². The van der Waals surface area contributed by atoms with E-state index < -0.39 is 18.0 Å². The summed E-state index contributed by atoms with van der Waals surface area (Å²) in [6.07, 6.45) is 12.1. The van der Waals surface area contributed by atoms with Gasteiger partial charge in [0.2, 0.25) is 0 Å². The standard InChI is InChI=1S/C31H40N4O4.C4H4O4/c1-2-3-4-5-6-7-8-9-17-29(36)39-25(24-35-30(37)26-14-10-11-15-27(26)31(35)38)23-33-19-21-34(22-20-33)28-16-12-13-18-32-28;5-3(6)1-2-4(7)8/h2,10-16,18,25H,1,3-9,17,19-24H2;1-2H,(H,5,6)(H,7,8)/b;2-1-. The van der Waals surface area contributed by atoms with Crippen molar-refractivity contribution in [3.63, 3.8) is 0 Å². The Kier molecular flexibility index (Phi) is 15.3. The molecule has 252 valence electrons. The lowest BCUT2D eigenvalue weighted by Crippen LogP contribution is -2.51. The molecule has 0 aliphatic carbocycles. The van der Waals surface area contributed by atoms with Crippen molar-refractivity contribution in [3.8, 4) is 0 Å². The summed E-state index contributed by atoms with van der Waals surface area (Å²) in [4.78, 5) is 68.0. The maximum absolute atomic E-state index is 13.0. The van der Waals surface area contributed by atoms with Gasteiger partial charge in [-0.15, -0.1) is 6.58 Å². The fourth-order valence-corrected chi connectivity index (χ4v) is 5.38. The van der Waals surface area contributed by atoms with E-state index >= 15 is 0 Å². The average molecular weight is 649 g/mol. The number of aliphatic carboxylic acids is 2. The number of ether oxygens (including phenoxy) is 1. The van der Waals surface area contributed by atoms with Crippen LogP contribution in [0.1, 0.15) is 72.1 Å². The third-order valence-electron chi connectivity index (χ3n) is 7.78. The number of carboxylic acids is 2. The predicted molar refractivity (Wildman–Crippen MR) is 176 cm³/mol. The van der Waals surface area contributed by atoms with Gasteiger partial charge in [-0.2, -0.15) is 0 Å². The number of hydrogen-bond acceptors (Lipinski definition) is 9. The molecule has 0 radical (unpaired) electrons. The van der Waals surface area contributed by atoms with Crippen LogP contribution in [0.25, 0.3) is 0 Å². The summed E-state index contributed by atoms with van der Waals surface area (Å²) < 4.78 is 5.92.